The number of nitrogens with two attached hydrogens (primary N) is 1. The van der Waals surface area contributed by atoms with Crippen LogP contribution in [0.2, 0.25) is 0 Å². The minimum atomic E-state index is -0.386. The molecule has 0 aliphatic carbocycles. The predicted molar refractivity (Wildman–Crippen MR) is 99.4 cm³/mol. The van der Waals surface area contributed by atoms with Gasteiger partial charge >= 0.3 is 0 Å². The highest BCUT2D eigenvalue weighted by atomic mass is 19.1. The maximum atomic E-state index is 13.0. The topological polar surface area (TPSA) is 107 Å². The van der Waals surface area contributed by atoms with E-state index >= 15 is 0 Å². The standard InChI is InChI=1S/C18H17FN8/c1-10(15-6-4-13(19)7-22-15)23-18-25-16(24-17(20)26-18)12-3-5-14-8-21-11(2)27(14)9-12/h3-10H,1-2H3,(H3,20,23,24,25,26). The van der Waals surface area contributed by atoms with Gasteiger partial charge in [-0.3, -0.25) is 4.98 Å². The number of hydrogen-bond acceptors (Lipinski definition) is 7. The Hall–Kier alpha value is -3.62. The molecule has 3 N–H and O–H groups in total. The minimum absolute atomic E-state index is 0.101. The van der Waals surface area contributed by atoms with E-state index < -0.39 is 0 Å². The first-order valence-electron chi connectivity index (χ1n) is 8.33. The lowest BCUT2D eigenvalue weighted by molar-refractivity contribution is 0.617. The number of rotatable bonds is 4. The molecular formula is C18H17FN8. The van der Waals surface area contributed by atoms with Crippen LogP contribution in [0.25, 0.3) is 16.9 Å². The smallest absolute Gasteiger partial charge is 0.228 e. The average molecular weight is 364 g/mol. The number of aromatic nitrogens is 6. The summed E-state index contributed by atoms with van der Waals surface area (Å²) in [5.41, 5.74) is 8.29. The Morgan fingerprint density at radius 1 is 1.07 bits per heavy atom. The van der Waals surface area contributed by atoms with Crippen molar-refractivity contribution in [3.63, 3.8) is 0 Å². The highest BCUT2D eigenvalue weighted by Gasteiger charge is 2.13. The molecule has 136 valence electrons. The van der Waals surface area contributed by atoms with Gasteiger partial charge in [-0.1, -0.05) is 0 Å². The van der Waals surface area contributed by atoms with E-state index in [-0.39, 0.29) is 17.8 Å². The van der Waals surface area contributed by atoms with Gasteiger partial charge < -0.3 is 15.5 Å². The van der Waals surface area contributed by atoms with E-state index in [1.54, 1.807) is 12.3 Å². The Labute approximate surface area is 154 Å². The Balaban J connectivity index is 1.66. The van der Waals surface area contributed by atoms with E-state index in [0.29, 0.717) is 17.5 Å². The van der Waals surface area contributed by atoms with Crippen molar-refractivity contribution in [2.45, 2.75) is 19.9 Å². The molecule has 0 bridgehead atoms. The van der Waals surface area contributed by atoms with Crippen LogP contribution in [0.5, 0.6) is 0 Å². The Bertz CT molecular complexity index is 1110. The predicted octanol–water partition coefficient (Wildman–Crippen LogP) is 2.78. The van der Waals surface area contributed by atoms with Crippen LogP contribution >= 0.6 is 0 Å². The summed E-state index contributed by atoms with van der Waals surface area (Å²) >= 11 is 0. The van der Waals surface area contributed by atoms with E-state index in [4.69, 9.17) is 5.73 Å². The molecule has 0 aliphatic heterocycles. The molecule has 4 rings (SSSR count). The summed E-state index contributed by atoms with van der Waals surface area (Å²) in [5, 5.41) is 3.13. The number of aryl methyl sites for hydroxylation is 1. The molecule has 0 saturated heterocycles. The van der Waals surface area contributed by atoms with Gasteiger partial charge in [0, 0.05) is 11.8 Å². The van der Waals surface area contributed by atoms with Crippen LogP contribution in [0.4, 0.5) is 16.3 Å². The van der Waals surface area contributed by atoms with Gasteiger partial charge in [0.2, 0.25) is 11.9 Å². The van der Waals surface area contributed by atoms with Crippen LogP contribution in [0.1, 0.15) is 24.5 Å². The fourth-order valence-electron chi connectivity index (χ4n) is 2.75. The van der Waals surface area contributed by atoms with Gasteiger partial charge in [0.05, 0.1) is 29.6 Å². The molecule has 4 aromatic heterocycles. The van der Waals surface area contributed by atoms with Gasteiger partial charge in [0.25, 0.3) is 0 Å². The van der Waals surface area contributed by atoms with Gasteiger partial charge in [-0.2, -0.15) is 15.0 Å². The molecule has 0 amide bonds. The van der Waals surface area contributed by atoms with E-state index in [9.17, 15) is 4.39 Å². The molecule has 0 aromatic carbocycles. The maximum absolute atomic E-state index is 13.0. The number of nitrogens with zero attached hydrogens (tertiary/aromatic N) is 6. The molecule has 0 fully saturated rings. The second kappa shape index (κ2) is 6.60. The molecule has 27 heavy (non-hydrogen) atoms. The molecule has 0 spiro atoms. The highest BCUT2D eigenvalue weighted by molar-refractivity contribution is 5.61. The number of fused-ring (bicyclic) bond motifs is 1. The molecule has 9 heteroatoms. The lowest BCUT2D eigenvalue weighted by atomic mass is 10.2. The third kappa shape index (κ3) is 3.39. The van der Waals surface area contributed by atoms with E-state index in [1.807, 2.05) is 36.6 Å². The Kier molecular flexibility index (Phi) is 4.11. The van der Waals surface area contributed by atoms with Crippen LogP contribution in [-0.2, 0) is 0 Å². The van der Waals surface area contributed by atoms with Crippen molar-refractivity contribution in [1.82, 2.24) is 29.3 Å². The SMILES string of the molecule is Cc1ncc2ccc(-c3nc(N)nc(NC(C)c4ccc(F)cn4)n3)cn12. The minimum Gasteiger partial charge on any atom is -0.368 e. The molecule has 0 saturated carbocycles. The first-order valence-corrected chi connectivity index (χ1v) is 8.33. The lowest BCUT2D eigenvalue weighted by Crippen LogP contribution is -2.13. The van der Waals surface area contributed by atoms with E-state index in [0.717, 1.165) is 16.9 Å². The number of anilines is 2. The van der Waals surface area contributed by atoms with Gasteiger partial charge in [0.1, 0.15) is 11.6 Å². The molecule has 4 heterocycles. The fraction of sp³-hybridized carbons (Fsp3) is 0.167. The number of pyridine rings is 2. The van der Waals surface area contributed by atoms with Crippen molar-refractivity contribution < 1.29 is 4.39 Å². The fourth-order valence-corrected chi connectivity index (χ4v) is 2.75. The van der Waals surface area contributed by atoms with Gasteiger partial charge in [-0.15, -0.1) is 0 Å². The van der Waals surface area contributed by atoms with Crippen molar-refractivity contribution in [2.75, 3.05) is 11.1 Å². The summed E-state index contributed by atoms with van der Waals surface area (Å²) in [6.07, 6.45) is 4.87. The number of imidazole rings is 1. The zero-order valence-electron chi connectivity index (χ0n) is 14.8. The van der Waals surface area contributed by atoms with Crippen LogP contribution in [0.15, 0.2) is 42.9 Å². The molecule has 0 aliphatic rings. The van der Waals surface area contributed by atoms with Gasteiger partial charge in [0.15, 0.2) is 5.82 Å². The molecule has 4 aromatic rings. The van der Waals surface area contributed by atoms with Gasteiger partial charge in [-0.25, -0.2) is 9.37 Å². The number of halogens is 1. The summed E-state index contributed by atoms with van der Waals surface area (Å²) < 4.78 is 15.0. The average Bonchev–Trinajstić information content (AvgIpc) is 3.02. The third-order valence-electron chi connectivity index (χ3n) is 4.16. The van der Waals surface area contributed by atoms with Crippen LogP contribution < -0.4 is 11.1 Å². The molecule has 1 atom stereocenters. The third-order valence-corrected chi connectivity index (χ3v) is 4.16. The summed E-state index contributed by atoms with van der Waals surface area (Å²) in [5.74, 6) is 1.34. The first kappa shape index (κ1) is 16.8. The zero-order valence-corrected chi connectivity index (χ0v) is 14.8. The number of nitrogen functional groups attached to an aromatic ring is 1. The van der Waals surface area contributed by atoms with Crippen LogP contribution in [-0.4, -0.2) is 29.3 Å². The molecule has 8 nitrogen and oxygen atoms in total. The van der Waals surface area contributed by atoms with E-state index in [2.05, 4.69) is 30.2 Å². The maximum Gasteiger partial charge on any atom is 0.228 e. The first-order chi connectivity index (χ1) is 13.0. The van der Waals surface area contributed by atoms with Crippen molar-refractivity contribution >= 4 is 17.4 Å². The Morgan fingerprint density at radius 2 is 1.93 bits per heavy atom. The zero-order chi connectivity index (χ0) is 19.0. The number of nitrogens with one attached hydrogen (secondary N) is 1. The summed E-state index contributed by atoms with van der Waals surface area (Å²) in [7, 11) is 0. The van der Waals surface area contributed by atoms with Crippen molar-refractivity contribution in [1.29, 1.82) is 0 Å². The second-order valence-corrected chi connectivity index (χ2v) is 6.13. The van der Waals surface area contributed by atoms with Crippen LogP contribution in [0.3, 0.4) is 0 Å². The summed E-state index contributed by atoms with van der Waals surface area (Å²) in [6, 6.07) is 6.57. The van der Waals surface area contributed by atoms with Crippen molar-refractivity contribution in [2.24, 2.45) is 0 Å². The molecule has 1 unspecified atom stereocenters. The summed E-state index contributed by atoms with van der Waals surface area (Å²) in [4.78, 5) is 21.2. The molecular weight excluding hydrogens is 347 g/mol. The van der Waals surface area contributed by atoms with Crippen molar-refractivity contribution in [3.8, 4) is 11.4 Å². The Morgan fingerprint density at radius 3 is 2.70 bits per heavy atom. The summed E-state index contributed by atoms with van der Waals surface area (Å²) in [6.45, 7) is 3.80. The van der Waals surface area contributed by atoms with Gasteiger partial charge in [-0.05, 0) is 38.1 Å². The van der Waals surface area contributed by atoms with E-state index in [1.165, 1.54) is 12.3 Å². The quantitative estimate of drug-likeness (QED) is 0.573. The van der Waals surface area contributed by atoms with Crippen LogP contribution in [0, 0.1) is 12.7 Å². The monoisotopic (exact) mass is 364 g/mol. The highest BCUT2D eigenvalue weighted by Crippen LogP contribution is 2.21. The lowest BCUT2D eigenvalue weighted by Gasteiger charge is -2.14. The number of hydrogen-bond donors (Lipinski definition) is 2. The largest absolute Gasteiger partial charge is 0.368 e. The van der Waals surface area contributed by atoms with Crippen molar-refractivity contribution in [3.05, 3.63) is 60.2 Å². The normalized spacial score (nSPS) is 12.3. The molecule has 0 radical (unpaired) electrons. The second-order valence-electron chi connectivity index (χ2n) is 6.13.